The molecule has 21 heavy (non-hydrogen) atoms. The number of benzene rings is 2. The van der Waals surface area contributed by atoms with Crippen molar-refractivity contribution in [2.24, 2.45) is 0 Å². The summed E-state index contributed by atoms with van der Waals surface area (Å²) in [5.41, 5.74) is 0.466. The fraction of sp³-hybridized carbons (Fsp3) is 0.188. The smallest absolute Gasteiger partial charge is 0.200 e. The first-order valence-electron chi connectivity index (χ1n) is 6.27. The molecule has 0 spiro atoms. The quantitative estimate of drug-likeness (QED) is 0.765. The minimum atomic E-state index is -0.174. The summed E-state index contributed by atoms with van der Waals surface area (Å²) in [5.74, 6) is 1.48. The normalized spacial score (nSPS) is 10.0. The maximum absolute atomic E-state index is 12.2. The summed E-state index contributed by atoms with van der Waals surface area (Å²) in [7, 11) is 3.07. The van der Waals surface area contributed by atoms with Gasteiger partial charge in [-0.25, -0.2) is 0 Å². The fourth-order valence-electron chi connectivity index (χ4n) is 1.76. The molecule has 0 aromatic heterocycles. The van der Waals surface area contributed by atoms with Gasteiger partial charge in [-0.1, -0.05) is 17.7 Å². The predicted octanol–water partition coefficient (Wildman–Crippen LogP) is 3.62. The zero-order chi connectivity index (χ0) is 15.2. The second-order valence-corrected chi connectivity index (χ2v) is 4.71. The van der Waals surface area contributed by atoms with Crippen LogP contribution in [0, 0.1) is 0 Å². The third-order valence-corrected chi connectivity index (χ3v) is 3.07. The van der Waals surface area contributed by atoms with Gasteiger partial charge in [0.2, 0.25) is 0 Å². The van der Waals surface area contributed by atoms with Crippen LogP contribution < -0.4 is 14.2 Å². The van der Waals surface area contributed by atoms with Crippen molar-refractivity contribution in [2.75, 3.05) is 20.8 Å². The Hall–Kier alpha value is -2.20. The molecular weight excluding hydrogens is 292 g/mol. The number of carbonyl (C=O) groups is 1. The Morgan fingerprint density at radius 3 is 2.24 bits per heavy atom. The molecule has 0 atom stereocenters. The third-order valence-electron chi connectivity index (χ3n) is 2.84. The predicted molar refractivity (Wildman–Crippen MR) is 80.8 cm³/mol. The van der Waals surface area contributed by atoms with Crippen molar-refractivity contribution in [3.8, 4) is 17.2 Å². The van der Waals surface area contributed by atoms with Crippen molar-refractivity contribution >= 4 is 17.4 Å². The van der Waals surface area contributed by atoms with Crippen LogP contribution in [0.1, 0.15) is 10.4 Å². The molecular formula is C16H15ClO4. The Kier molecular flexibility index (Phi) is 5.06. The van der Waals surface area contributed by atoms with E-state index in [2.05, 4.69) is 0 Å². The van der Waals surface area contributed by atoms with E-state index >= 15 is 0 Å². The molecule has 0 aliphatic rings. The summed E-state index contributed by atoms with van der Waals surface area (Å²) in [6, 6.07) is 11.9. The summed E-state index contributed by atoms with van der Waals surface area (Å²) in [4.78, 5) is 12.2. The van der Waals surface area contributed by atoms with Crippen molar-refractivity contribution in [1.29, 1.82) is 0 Å². The number of halogens is 1. The summed E-state index contributed by atoms with van der Waals surface area (Å²) in [5, 5.41) is 0.558. The van der Waals surface area contributed by atoms with Crippen LogP contribution in [0.2, 0.25) is 5.02 Å². The maximum atomic E-state index is 12.2. The SMILES string of the molecule is COc1cc(OC)cc(C(=O)COc2cccc(Cl)c2)c1. The van der Waals surface area contributed by atoms with Gasteiger partial charge in [-0.15, -0.1) is 0 Å². The molecule has 0 unspecified atom stereocenters. The Morgan fingerprint density at radius 2 is 1.67 bits per heavy atom. The molecule has 0 radical (unpaired) electrons. The van der Waals surface area contributed by atoms with Gasteiger partial charge < -0.3 is 14.2 Å². The zero-order valence-corrected chi connectivity index (χ0v) is 12.5. The molecule has 4 nitrogen and oxygen atoms in total. The first-order chi connectivity index (χ1) is 10.1. The molecule has 0 saturated heterocycles. The Balaban J connectivity index is 2.09. The van der Waals surface area contributed by atoms with Crippen LogP contribution in [0.5, 0.6) is 17.2 Å². The maximum Gasteiger partial charge on any atom is 0.200 e. The van der Waals surface area contributed by atoms with Crippen LogP contribution in [-0.4, -0.2) is 26.6 Å². The van der Waals surface area contributed by atoms with Gasteiger partial charge in [0.05, 0.1) is 14.2 Å². The average Bonchev–Trinajstić information content (AvgIpc) is 2.52. The molecule has 5 heteroatoms. The molecule has 0 aliphatic heterocycles. The molecule has 110 valence electrons. The van der Waals surface area contributed by atoms with Crippen molar-refractivity contribution in [2.45, 2.75) is 0 Å². The van der Waals surface area contributed by atoms with Gasteiger partial charge in [0.1, 0.15) is 17.2 Å². The highest BCUT2D eigenvalue weighted by Crippen LogP contribution is 2.23. The van der Waals surface area contributed by atoms with Crippen LogP contribution >= 0.6 is 11.6 Å². The molecule has 0 aliphatic carbocycles. The molecule has 0 bridgehead atoms. The van der Waals surface area contributed by atoms with Crippen molar-refractivity contribution in [3.63, 3.8) is 0 Å². The van der Waals surface area contributed by atoms with Gasteiger partial charge in [-0.2, -0.15) is 0 Å². The largest absolute Gasteiger partial charge is 0.497 e. The van der Waals surface area contributed by atoms with E-state index in [9.17, 15) is 4.79 Å². The van der Waals surface area contributed by atoms with Crippen molar-refractivity contribution in [3.05, 3.63) is 53.1 Å². The zero-order valence-electron chi connectivity index (χ0n) is 11.8. The lowest BCUT2D eigenvalue weighted by Crippen LogP contribution is -2.12. The van der Waals surface area contributed by atoms with E-state index in [-0.39, 0.29) is 12.4 Å². The van der Waals surface area contributed by atoms with Crippen LogP contribution in [-0.2, 0) is 0 Å². The first kappa shape index (κ1) is 15.2. The minimum Gasteiger partial charge on any atom is -0.497 e. The molecule has 0 fully saturated rings. The van der Waals surface area contributed by atoms with Gasteiger partial charge in [0.25, 0.3) is 0 Å². The topological polar surface area (TPSA) is 44.8 Å². The molecule has 0 N–H and O–H groups in total. The lowest BCUT2D eigenvalue weighted by molar-refractivity contribution is 0.0921. The lowest BCUT2D eigenvalue weighted by atomic mass is 10.1. The molecule has 2 aromatic rings. The fourth-order valence-corrected chi connectivity index (χ4v) is 1.94. The van der Waals surface area contributed by atoms with Crippen LogP contribution in [0.3, 0.4) is 0 Å². The number of ketones is 1. The van der Waals surface area contributed by atoms with E-state index in [1.54, 1.807) is 42.5 Å². The third kappa shape index (κ3) is 4.13. The summed E-state index contributed by atoms with van der Waals surface area (Å²) in [6.07, 6.45) is 0. The van der Waals surface area contributed by atoms with E-state index in [4.69, 9.17) is 25.8 Å². The molecule has 0 amide bonds. The molecule has 2 aromatic carbocycles. The molecule has 0 heterocycles. The highest BCUT2D eigenvalue weighted by molar-refractivity contribution is 6.30. The van der Waals surface area contributed by atoms with Crippen molar-refractivity contribution in [1.82, 2.24) is 0 Å². The molecule has 2 rings (SSSR count). The minimum absolute atomic E-state index is 0.0866. The van der Waals surface area contributed by atoms with E-state index in [0.717, 1.165) is 0 Å². The highest BCUT2D eigenvalue weighted by Gasteiger charge is 2.11. The van der Waals surface area contributed by atoms with E-state index in [1.165, 1.54) is 14.2 Å². The lowest BCUT2D eigenvalue weighted by Gasteiger charge is -2.09. The van der Waals surface area contributed by atoms with E-state index in [0.29, 0.717) is 27.8 Å². The van der Waals surface area contributed by atoms with E-state index < -0.39 is 0 Å². The van der Waals surface area contributed by atoms with Gasteiger partial charge >= 0.3 is 0 Å². The summed E-state index contributed by atoms with van der Waals surface area (Å²) >= 11 is 5.86. The Bertz CT molecular complexity index is 618. The van der Waals surface area contributed by atoms with E-state index in [1.807, 2.05) is 0 Å². The highest BCUT2D eigenvalue weighted by atomic mass is 35.5. The van der Waals surface area contributed by atoms with Gasteiger partial charge in [-0.05, 0) is 30.3 Å². The van der Waals surface area contributed by atoms with Crippen LogP contribution in [0.15, 0.2) is 42.5 Å². The number of ether oxygens (including phenoxy) is 3. The van der Waals surface area contributed by atoms with Gasteiger partial charge in [-0.3, -0.25) is 4.79 Å². The van der Waals surface area contributed by atoms with Gasteiger partial charge in [0, 0.05) is 16.7 Å². The van der Waals surface area contributed by atoms with Crippen molar-refractivity contribution < 1.29 is 19.0 Å². The summed E-state index contributed by atoms with van der Waals surface area (Å²) < 4.78 is 15.7. The number of carbonyl (C=O) groups excluding carboxylic acids is 1. The van der Waals surface area contributed by atoms with Crippen LogP contribution in [0.25, 0.3) is 0 Å². The summed E-state index contributed by atoms with van der Waals surface area (Å²) in [6.45, 7) is -0.0866. The van der Waals surface area contributed by atoms with Crippen LogP contribution in [0.4, 0.5) is 0 Å². The first-order valence-corrected chi connectivity index (χ1v) is 6.65. The number of Topliss-reactive ketones (excluding diaryl/α,β-unsaturated/α-hetero) is 1. The number of rotatable bonds is 6. The second-order valence-electron chi connectivity index (χ2n) is 4.27. The number of hydrogen-bond acceptors (Lipinski definition) is 4. The monoisotopic (exact) mass is 306 g/mol. The Morgan fingerprint density at radius 1 is 1.00 bits per heavy atom. The van der Waals surface area contributed by atoms with Gasteiger partial charge in [0.15, 0.2) is 12.4 Å². The number of methoxy groups -OCH3 is 2. The molecule has 0 saturated carbocycles. The number of hydrogen-bond donors (Lipinski definition) is 0. The Labute approximate surface area is 128 Å². The second kappa shape index (κ2) is 6.99. The standard InChI is InChI=1S/C16H15ClO4/c1-19-14-6-11(7-15(9-14)20-2)16(18)10-21-13-5-3-4-12(17)8-13/h3-9H,10H2,1-2H3. The average molecular weight is 307 g/mol.